The minimum absolute atomic E-state index is 0.0512. The second kappa shape index (κ2) is 7.72. The Bertz CT molecular complexity index is 502. The number of alkyl carbamates (subject to hydrolysis) is 1. The number of nitrogens with one attached hydrogen (secondary N) is 1. The monoisotopic (exact) mass is 282 g/mol. The quantitative estimate of drug-likeness (QED) is 0.446. The zero-order valence-electron chi connectivity index (χ0n) is 10.6. The van der Waals surface area contributed by atoms with Gasteiger partial charge in [-0.3, -0.25) is 14.9 Å². The summed E-state index contributed by atoms with van der Waals surface area (Å²) in [6.45, 7) is -0.0517. The standard InChI is InChI=1S/C12H14N2O6/c15-11(16)6-3-7-13-12(17)20-8-9-4-1-2-5-10(9)14(18)19/h1-2,4-5H,3,6-8H2,(H,13,17)(H,15,16). The van der Waals surface area contributed by atoms with Gasteiger partial charge in [0, 0.05) is 19.0 Å². The number of nitro groups is 1. The molecule has 0 unspecified atom stereocenters. The molecule has 8 heteroatoms. The number of hydrogen-bond acceptors (Lipinski definition) is 5. The van der Waals surface area contributed by atoms with Crippen molar-refractivity contribution >= 4 is 17.7 Å². The first-order valence-electron chi connectivity index (χ1n) is 5.85. The van der Waals surface area contributed by atoms with Crippen LogP contribution < -0.4 is 5.32 Å². The summed E-state index contributed by atoms with van der Waals surface area (Å²) in [4.78, 5) is 31.7. The van der Waals surface area contributed by atoms with Gasteiger partial charge in [-0.05, 0) is 12.5 Å². The van der Waals surface area contributed by atoms with Gasteiger partial charge in [0.15, 0.2) is 0 Å². The predicted octanol–water partition coefficient (Wildman–Crippen LogP) is 1.69. The number of nitro benzene ring substituents is 1. The minimum atomic E-state index is -0.944. The molecular weight excluding hydrogens is 268 g/mol. The van der Waals surface area contributed by atoms with E-state index in [1.807, 2.05) is 0 Å². The zero-order chi connectivity index (χ0) is 15.0. The molecule has 1 amide bonds. The van der Waals surface area contributed by atoms with Crippen LogP contribution in [0.25, 0.3) is 0 Å². The molecule has 0 bridgehead atoms. The van der Waals surface area contributed by atoms with E-state index in [0.29, 0.717) is 0 Å². The Morgan fingerprint density at radius 1 is 1.35 bits per heavy atom. The maximum absolute atomic E-state index is 11.3. The first-order valence-corrected chi connectivity index (χ1v) is 5.85. The zero-order valence-corrected chi connectivity index (χ0v) is 10.6. The SMILES string of the molecule is O=C(O)CCCNC(=O)OCc1ccccc1[N+](=O)[O-]. The number of benzene rings is 1. The number of para-hydroxylation sites is 1. The van der Waals surface area contributed by atoms with Crippen LogP contribution in [0.3, 0.4) is 0 Å². The second-order valence-electron chi connectivity index (χ2n) is 3.89. The molecule has 0 heterocycles. The number of ether oxygens (including phenoxy) is 1. The van der Waals surface area contributed by atoms with Crippen LogP contribution in [-0.2, 0) is 16.1 Å². The van der Waals surface area contributed by atoms with E-state index < -0.39 is 17.0 Å². The fourth-order valence-electron chi connectivity index (χ4n) is 1.44. The van der Waals surface area contributed by atoms with E-state index in [4.69, 9.17) is 9.84 Å². The van der Waals surface area contributed by atoms with E-state index in [-0.39, 0.29) is 37.2 Å². The molecule has 0 aromatic heterocycles. The van der Waals surface area contributed by atoms with Crippen LogP contribution in [0.4, 0.5) is 10.5 Å². The molecule has 0 saturated carbocycles. The summed E-state index contributed by atoms with van der Waals surface area (Å²) in [6.07, 6.45) is -0.506. The molecule has 1 rings (SSSR count). The summed E-state index contributed by atoms with van der Waals surface area (Å²) >= 11 is 0. The summed E-state index contributed by atoms with van der Waals surface area (Å²) < 4.78 is 4.82. The highest BCUT2D eigenvalue weighted by Crippen LogP contribution is 2.18. The molecule has 8 nitrogen and oxygen atoms in total. The van der Waals surface area contributed by atoms with Crippen molar-refractivity contribution in [1.29, 1.82) is 0 Å². The van der Waals surface area contributed by atoms with Gasteiger partial charge >= 0.3 is 12.1 Å². The first kappa shape index (κ1) is 15.4. The number of carboxylic acids is 1. The topological polar surface area (TPSA) is 119 Å². The molecule has 0 spiro atoms. The summed E-state index contributed by atoms with van der Waals surface area (Å²) in [7, 11) is 0. The Labute approximate surface area is 114 Å². The lowest BCUT2D eigenvalue weighted by Gasteiger charge is -2.06. The van der Waals surface area contributed by atoms with Crippen LogP contribution in [0, 0.1) is 10.1 Å². The first-order chi connectivity index (χ1) is 9.50. The third-order valence-electron chi connectivity index (χ3n) is 2.38. The molecule has 0 atom stereocenters. The molecule has 1 aromatic rings. The second-order valence-corrected chi connectivity index (χ2v) is 3.89. The average Bonchev–Trinajstić information content (AvgIpc) is 2.41. The molecule has 108 valence electrons. The van der Waals surface area contributed by atoms with Gasteiger partial charge < -0.3 is 15.2 Å². The van der Waals surface area contributed by atoms with Crippen molar-refractivity contribution in [3.63, 3.8) is 0 Å². The Morgan fingerprint density at radius 3 is 2.70 bits per heavy atom. The van der Waals surface area contributed by atoms with Crippen LogP contribution in [0.2, 0.25) is 0 Å². The minimum Gasteiger partial charge on any atom is -0.481 e. The predicted molar refractivity (Wildman–Crippen MR) is 68.2 cm³/mol. The van der Waals surface area contributed by atoms with Gasteiger partial charge in [-0.2, -0.15) is 0 Å². The molecule has 0 radical (unpaired) electrons. The van der Waals surface area contributed by atoms with Crippen LogP contribution in [0.1, 0.15) is 18.4 Å². The normalized spacial score (nSPS) is 9.80. The lowest BCUT2D eigenvalue weighted by Crippen LogP contribution is -2.25. The highest BCUT2D eigenvalue weighted by atomic mass is 16.6. The van der Waals surface area contributed by atoms with Crippen molar-refractivity contribution in [2.24, 2.45) is 0 Å². The summed E-state index contributed by atoms with van der Waals surface area (Å²) in [5, 5.41) is 21.5. The van der Waals surface area contributed by atoms with Gasteiger partial charge in [0.2, 0.25) is 0 Å². The van der Waals surface area contributed by atoms with Gasteiger partial charge in [-0.25, -0.2) is 4.79 Å². The van der Waals surface area contributed by atoms with Crippen LogP contribution in [0.15, 0.2) is 24.3 Å². The third-order valence-corrected chi connectivity index (χ3v) is 2.38. The Balaban J connectivity index is 2.38. The van der Waals surface area contributed by atoms with Crippen molar-refractivity contribution in [3.05, 3.63) is 39.9 Å². The van der Waals surface area contributed by atoms with E-state index in [0.717, 1.165) is 0 Å². The lowest BCUT2D eigenvalue weighted by molar-refractivity contribution is -0.385. The maximum atomic E-state index is 11.3. The van der Waals surface area contributed by atoms with E-state index in [1.54, 1.807) is 6.07 Å². The van der Waals surface area contributed by atoms with Crippen molar-refractivity contribution < 1.29 is 24.4 Å². The largest absolute Gasteiger partial charge is 0.481 e. The summed E-state index contributed by atoms with van der Waals surface area (Å²) in [5.41, 5.74) is 0.171. The summed E-state index contributed by atoms with van der Waals surface area (Å²) in [6, 6.07) is 5.95. The number of carboxylic acid groups (broad SMARTS) is 1. The van der Waals surface area contributed by atoms with Crippen LogP contribution in [0.5, 0.6) is 0 Å². The Hall–Kier alpha value is -2.64. The number of aliphatic carboxylic acids is 1. The van der Waals surface area contributed by atoms with Crippen molar-refractivity contribution in [3.8, 4) is 0 Å². The molecule has 1 aromatic carbocycles. The van der Waals surface area contributed by atoms with E-state index in [1.165, 1.54) is 18.2 Å². The van der Waals surface area contributed by atoms with Crippen molar-refractivity contribution in [2.45, 2.75) is 19.4 Å². The van der Waals surface area contributed by atoms with Gasteiger partial charge in [-0.1, -0.05) is 12.1 Å². The molecule has 0 aliphatic heterocycles. The molecule has 2 N–H and O–H groups in total. The van der Waals surface area contributed by atoms with Gasteiger partial charge in [0.1, 0.15) is 6.61 Å². The maximum Gasteiger partial charge on any atom is 0.407 e. The highest BCUT2D eigenvalue weighted by molar-refractivity contribution is 5.68. The highest BCUT2D eigenvalue weighted by Gasteiger charge is 2.13. The number of carbonyl (C=O) groups is 2. The van der Waals surface area contributed by atoms with E-state index >= 15 is 0 Å². The average molecular weight is 282 g/mol. The van der Waals surface area contributed by atoms with Crippen LogP contribution in [-0.4, -0.2) is 28.6 Å². The Kier molecular flexibility index (Phi) is 5.95. The molecule has 20 heavy (non-hydrogen) atoms. The molecular formula is C12H14N2O6. The van der Waals surface area contributed by atoms with Gasteiger partial charge in [0.05, 0.1) is 10.5 Å². The number of amides is 1. The summed E-state index contributed by atoms with van der Waals surface area (Å²) in [5.74, 6) is -0.944. The van der Waals surface area contributed by atoms with Crippen LogP contribution >= 0.6 is 0 Å². The molecule has 0 fully saturated rings. The third kappa shape index (κ3) is 5.34. The van der Waals surface area contributed by atoms with Crippen molar-refractivity contribution in [1.82, 2.24) is 5.32 Å². The Morgan fingerprint density at radius 2 is 2.05 bits per heavy atom. The number of nitrogens with zero attached hydrogens (tertiary/aromatic N) is 1. The fraction of sp³-hybridized carbons (Fsp3) is 0.333. The van der Waals surface area contributed by atoms with E-state index in [2.05, 4.69) is 5.32 Å². The van der Waals surface area contributed by atoms with E-state index in [9.17, 15) is 19.7 Å². The lowest BCUT2D eigenvalue weighted by atomic mass is 10.2. The number of hydrogen-bond donors (Lipinski definition) is 2. The van der Waals surface area contributed by atoms with Crippen molar-refractivity contribution in [2.75, 3.05) is 6.54 Å². The van der Waals surface area contributed by atoms with Gasteiger partial charge in [0.25, 0.3) is 5.69 Å². The molecule has 0 saturated heterocycles. The fourth-order valence-corrected chi connectivity index (χ4v) is 1.44. The molecule has 0 aliphatic carbocycles. The smallest absolute Gasteiger partial charge is 0.407 e. The molecule has 0 aliphatic rings. The number of rotatable bonds is 7. The number of carbonyl (C=O) groups excluding carboxylic acids is 1. The van der Waals surface area contributed by atoms with Gasteiger partial charge in [-0.15, -0.1) is 0 Å².